The maximum absolute atomic E-state index is 11.5. The molecular formula is C16H16N4O4. The van der Waals surface area contributed by atoms with E-state index in [1.165, 1.54) is 0 Å². The molecular weight excluding hydrogens is 312 g/mol. The molecule has 24 heavy (non-hydrogen) atoms. The van der Waals surface area contributed by atoms with Crippen molar-refractivity contribution in [3.05, 3.63) is 30.1 Å². The second-order valence-corrected chi connectivity index (χ2v) is 5.49. The lowest BCUT2D eigenvalue weighted by molar-refractivity contribution is 0.1000. The lowest BCUT2D eigenvalue weighted by Crippen LogP contribution is -2.37. The highest BCUT2D eigenvalue weighted by atomic mass is 16.7. The van der Waals surface area contributed by atoms with Crippen molar-refractivity contribution in [1.82, 2.24) is 9.97 Å². The van der Waals surface area contributed by atoms with Crippen molar-refractivity contribution in [2.24, 2.45) is 5.73 Å². The van der Waals surface area contributed by atoms with Gasteiger partial charge in [-0.25, -0.2) is 9.97 Å². The van der Waals surface area contributed by atoms with Gasteiger partial charge in [0.15, 0.2) is 11.5 Å². The van der Waals surface area contributed by atoms with Crippen molar-refractivity contribution < 1.29 is 19.0 Å². The van der Waals surface area contributed by atoms with Gasteiger partial charge in [-0.05, 0) is 12.1 Å². The normalized spacial score (nSPS) is 16.2. The number of primary amides is 1. The predicted molar refractivity (Wildman–Crippen MR) is 85.1 cm³/mol. The minimum Gasteiger partial charge on any atom is -0.454 e. The van der Waals surface area contributed by atoms with Crippen LogP contribution < -0.4 is 20.1 Å². The van der Waals surface area contributed by atoms with Crippen LogP contribution in [0.5, 0.6) is 11.5 Å². The largest absolute Gasteiger partial charge is 0.454 e. The summed E-state index contributed by atoms with van der Waals surface area (Å²) in [5.41, 5.74) is 7.17. The molecule has 0 spiro atoms. The molecule has 2 aliphatic heterocycles. The molecule has 0 saturated carbocycles. The Kier molecular flexibility index (Phi) is 3.66. The Balaban J connectivity index is 1.69. The summed E-state index contributed by atoms with van der Waals surface area (Å²) in [6.07, 6.45) is 3.42. The molecule has 1 fully saturated rings. The maximum Gasteiger partial charge on any atom is 0.248 e. The van der Waals surface area contributed by atoms with E-state index in [1.807, 2.05) is 0 Å². The monoisotopic (exact) mass is 328 g/mol. The molecule has 0 bridgehead atoms. The van der Waals surface area contributed by atoms with Crippen LogP contribution in [0.25, 0.3) is 11.1 Å². The van der Waals surface area contributed by atoms with Crippen LogP contribution in [0, 0.1) is 0 Å². The Morgan fingerprint density at radius 3 is 2.58 bits per heavy atom. The Hall–Kier alpha value is -2.87. The number of carbonyl (C=O) groups is 1. The minimum atomic E-state index is -0.527. The summed E-state index contributed by atoms with van der Waals surface area (Å²) in [4.78, 5) is 22.4. The summed E-state index contributed by atoms with van der Waals surface area (Å²) in [5.74, 6) is 1.20. The molecule has 1 aromatic heterocycles. The fourth-order valence-corrected chi connectivity index (χ4v) is 2.75. The third kappa shape index (κ3) is 2.61. The predicted octanol–water partition coefficient (Wildman–Crippen LogP) is 0.808. The first-order chi connectivity index (χ1) is 11.7. The third-order valence-electron chi connectivity index (χ3n) is 4.00. The number of amides is 1. The van der Waals surface area contributed by atoms with Crippen molar-refractivity contribution >= 4 is 11.9 Å². The molecule has 1 saturated heterocycles. The number of nitrogens with two attached hydrogens (primary N) is 1. The zero-order valence-electron chi connectivity index (χ0n) is 12.9. The zero-order valence-corrected chi connectivity index (χ0v) is 12.9. The number of anilines is 1. The minimum absolute atomic E-state index is 0.108. The Labute approximate surface area is 138 Å². The van der Waals surface area contributed by atoms with Gasteiger partial charge in [-0.3, -0.25) is 4.79 Å². The van der Waals surface area contributed by atoms with Gasteiger partial charge >= 0.3 is 0 Å². The molecule has 4 rings (SSSR count). The van der Waals surface area contributed by atoms with E-state index in [4.69, 9.17) is 19.9 Å². The van der Waals surface area contributed by atoms with E-state index < -0.39 is 5.91 Å². The highest BCUT2D eigenvalue weighted by Crippen LogP contribution is 2.42. The van der Waals surface area contributed by atoms with E-state index in [0.29, 0.717) is 41.8 Å². The quantitative estimate of drug-likeness (QED) is 0.890. The zero-order chi connectivity index (χ0) is 16.5. The summed E-state index contributed by atoms with van der Waals surface area (Å²) in [5, 5.41) is 0. The van der Waals surface area contributed by atoms with E-state index in [0.717, 1.165) is 18.7 Å². The number of benzene rings is 1. The summed E-state index contributed by atoms with van der Waals surface area (Å²) in [6.45, 7) is 2.98. The second kappa shape index (κ2) is 5.97. The van der Waals surface area contributed by atoms with Gasteiger partial charge in [0.05, 0.1) is 13.2 Å². The van der Waals surface area contributed by atoms with E-state index in [-0.39, 0.29) is 6.79 Å². The van der Waals surface area contributed by atoms with Crippen molar-refractivity contribution in [2.75, 3.05) is 38.0 Å². The molecule has 8 heteroatoms. The summed E-state index contributed by atoms with van der Waals surface area (Å²) < 4.78 is 16.2. The Morgan fingerprint density at radius 1 is 1.12 bits per heavy atom. The fourth-order valence-electron chi connectivity index (χ4n) is 2.75. The molecule has 2 N–H and O–H groups in total. The maximum atomic E-state index is 11.5. The van der Waals surface area contributed by atoms with Gasteiger partial charge in [0.2, 0.25) is 18.6 Å². The van der Waals surface area contributed by atoms with Gasteiger partial charge in [0.1, 0.15) is 0 Å². The summed E-state index contributed by atoms with van der Waals surface area (Å²) in [7, 11) is 0. The van der Waals surface area contributed by atoms with Crippen LogP contribution in [0.1, 0.15) is 10.4 Å². The first-order valence-electron chi connectivity index (χ1n) is 7.61. The molecule has 1 aromatic carbocycles. The molecule has 1 amide bonds. The average molecular weight is 328 g/mol. The van der Waals surface area contributed by atoms with Gasteiger partial charge in [-0.2, -0.15) is 0 Å². The summed E-state index contributed by atoms with van der Waals surface area (Å²) in [6, 6.07) is 3.25. The van der Waals surface area contributed by atoms with Gasteiger partial charge < -0.3 is 24.8 Å². The second-order valence-electron chi connectivity index (χ2n) is 5.49. The third-order valence-corrected chi connectivity index (χ3v) is 4.00. The lowest BCUT2D eigenvalue weighted by atomic mass is 10.0. The van der Waals surface area contributed by atoms with Crippen LogP contribution in [-0.4, -0.2) is 49.0 Å². The molecule has 0 atom stereocenters. The molecule has 3 heterocycles. The molecule has 0 radical (unpaired) electrons. The number of fused-ring (bicyclic) bond motifs is 1. The van der Waals surface area contributed by atoms with Gasteiger partial charge in [0.25, 0.3) is 0 Å². The topological polar surface area (TPSA) is 99.8 Å². The van der Waals surface area contributed by atoms with Crippen LogP contribution in [0.15, 0.2) is 24.5 Å². The van der Waals surface area contributed by atoms with E-state index in [1.54, 1.807) is 24.5 Å². The fraction of sp³-hybridized carbons (Fsp3) is 0.312. The van der Waals surface area contributed by atoms with Crippen molar-refractivity contribution in [1.29, 1.82) is 0 Å². The van der Waals surface area contributed by atoms with Crippen LogP contribution in [-0.2, 0) is 4.74 Å². The van der Waals surface area contributed by atoms with Crippen molar-refractivity contribution in [3.63, 3.8) is 0 Å². The highest BCUT2D eigenvalue weighted by molar-refractivity contribution is 5.96. The highest BCUT2D eigenvalue weighted by Gasteiger charge is 2.22. The molecule has 124 valence electrons. The van der Waals surface area contributed by atoms with E-state index in [2.05, 4.69) is 14.9 Å². The lowest BCUT2D eigenvalue weighted by Gasteiger charge is -2.26. The number of hydrogen-bond donors (Lipinski definition) is 1. The van der Waals surface area contributed by atoms with Crippen LogP contribution in [0.4, 0.5) is 5.95 Å². The van der Waals surface area contributed by atoms with Crippen LogP contribution >= 0.6 is 0 Å². The number of rotatable bonds is 3. The smallest absolute Gasteiger partial charge is 0.248 e. The molecule has 2 aromatic rings. The van der Waals surface area contributed by atoms with Gasteiger partial charge in [-0.15, -0.1) is 0 Å². The first kappa shape index (κ1) is 14.7. The van der Waals surface area contributed by atoms with Gasteiger partial charge in [-0.1, -0.05) is 0 Å². The van der Waals surface area contributed by atoms with E-state index >= 15 is 0 Å². The molecule has 8 nitrogen and oxygen atoms in total. The number of morpholine rings is 1. The number of ether oxygens (including phenoxy) is 3. The van der Waals surface area contributed by atoms with Crippen LogP contribution in [0.3, 0.4) is 0 Å². The van der Waals surface area contributed by atoms with Crippen LogP contribution in [0.2, 0.25) is 0 Å². The van der Waals surface area contributed by atoms with Crippen molar-refractivity contribution in [2.45, 2.75) is 0 Å². The number of aromatic nitrogens is 2. The molecule has 2 aliphatic rings. The van der Waals surface area contributed by atoms with Gasteiger partial charge in [0, 0.05) is 42.2 Å². The van der Waals surface area contributed by atoms with Crippen molar-refractivity contribution in [3.8, 4) is 22.6 Å². The Morgan fingerprint density at radius 2 is 1.88 bits per heavy atom. The summed E-state index contributed by atoms with van der Waals surface area (Å²) >= 11 is 0. The van der Waals surface area contributed by atoms with E-state index in [9.17, 15) is 4.79 Å². The average Bonchev–Trinajstić information content (AvgIpc) is 3.10. The standard InChI is InChI=1S/C16H16N4O4/c17-15(21)10-5-12(14-13(6-10)23-9-24-14)11-7-18-16(19-8-11)20-1-3-22-4-2-20/h5-8H,1-4,9H2,(H2,17,21). The number of carbonyl (C=O) groups excluding carboxylic acids is 1. The SMILES string of the molecule is NC(=O)c1cc2c(c(-c3cnc(N4CCOCC4)nc3)c1)OCO2. The number of nitrogens with zero attached hydrogens (tertiary/aromatic N) is 3. The number of hydrogen-bond acceptors (Lipinski definition) is 7. The molecule has 0 unspecified atom stereocenters. The molecule has 0 aliphatic carbocycles. The first-order valence-corrected chi connectivity index (χ1v) is 7.61. The Bertz CT molecular complexity index is 772.